The number of nitrogens with one attached hydrogen (secondary N) is 1. The van der Waals surface area contributed by atoms with Crippen LogP contribution in [0.15, 0.2) is 25.3 Å². The Balaban J connectivity index is 0.724. The van der Waals surface area contributed by atoms with Crippen LogP contribution in [-0.2, 0) is 84.6 Å². The number of ether oxygens (including phenoxy) is 5. The van der Waals surface area contributed by atoms with Crippen molar-refractivity contribution < 1.29 is 89.1 Å². The van der Waals surface area contributed by atoms with Gasteiger partial charge in [-0.3, -0.25) is 47.6 Å². The molecular formula is C47H66F2N14O17P2S4. The number of anilines is 2. The molecule has 0 aliphatic carbocycles. The van der Waals surface area contributed by atoms with Crippen molar-refractivity contribution in [3.8, 4) is 0 Å². The highest BCUT2D eigenvalue weighted by molar-refractivity contribution is 8.77. The van der Waals surface area contributed by atoms with Crippen molar-refractivity contribution in [3.05, 3.63) is 25.3 Å². The summed E-state index contributed by atoms with van der Waals surface area (Å²) in [5.74, 6) is -0.665. The number of likely N-dealkylation sites (tertiary alicyclic amines) is 1. The van der Waals surface area contributed by atoms with Gasteiger partial charge in [-0.05, 0) is 43.9 Å². The van der Waals surface area contributed by atoms with Gasteiger partial charge in [0.05, 0.1) is 58.6 Å². The summed E-state index contributed by atoms with van der Waals surface area (Å²) in [5, 5.41) is 2.45. The molecule has 0 bridgehead atoms. The van der Waals surface area contributed by atoms with Crippen molar-refractivity contribution in [2.75, 3.05) is 104 Å². The monoisotopic (exact) mass is 1330 g/mol. The van der Waals surface area contributed by atoms with E-state index < -0.39 is 88.1 Å². The molecule has 474 valence electrons. The van der Waals surface area contributed by atoms with E-state index >= 15 is 8.78 Å². The molecule has 4 fully saturated rings. The molecular weight excluding hydrogens is 1260 g/mol. The van der Waals surface area contributed by atoms with Crippen molar-refractivity contribution in [1.29, 1.82) is 0 Å². The fourth-order valence-electron chi connectivity index (χ4n) is 9.10. The van der Waals surface area contributed by atoms with Crippen LogP contribution in [0.25, 0.3) is 22.3 Å². The Morgan fingerprint density at radius 1 is 0.791 bits per heavy atom. The summed E-state index contributed by atoms with van der Waals surface area (Å²) in [6.45, 7) is -3.60. The van der Waals surface area contributed by atoms with E-state index in [9.17, 15) is 38.6 Å². The summed E-state index contributed by atoms with van der Waals surface area (Å²) >= 11 is 10.5. The Morgan fingerprint density at radius 3 is 1.95 bits per heavy atom. The van der Waals surface area contributed by atoms with Crippen molar-refractivity contribution in [3.63, 3.8) is 0 Å². The highest BCUT2D eigenvalue weighted by Crippen LogP contribution is 2.55. The van der Waals surface area contributed by atoms with Gasteiger partial charge in [0.1, 0.15) is 55.8 Å². The normalized spacial score (nSPS) is 27.1. The van der Waals surface area contributed by atoms with Gasteiger partial charge in [0.25, 0.3) is 0 Å². The molecule has 4 aliphatic rings. The summed E-state index contributed by atoms with van der Waals surface area (Å²) in [5.41, 5.74) is 6.10. The molecule has 0 radical (unpaired) electrons. The summed E-state index contributed by atoms with van der Waals surface area (Å²) in [6.07, 6.45) is -9.50. The molecule has 11 atom stereocenters. The molecule has 3 unspecified atom stereocenters. The van der Waals surface area contributed by atoms with Crippen LogP contribution < -0.4 is 11.1 Å². The SMILES string of the molecule is CC1CC(=O)N(CCOCCC(=O)N(C)CCN(C)C(=O)CCC(C)(C)SSCCOC(=O)N(C)CCOC(=O)Nc2ncnc3c2ncn3[C@@H]2O[C@@H]3COP(O)(=S)O[C@H]4[C@@H](F)[C@H](n5cnc6c(N)ncnc65)O[C@@H]4COP(O)(=S)O[C@H]3[C@H]2F)C1=O. The first-order valence-electron chi connectivity index (χ1n) is 26.8. The van der Waals surface area contributed by atoms with Gasteiger partial charge in [-0.1, -0.05) is 28.5 Å². The first-order valence-corrected chi connectivity index (χ1v) is 34.3. The molecule has 0 spiro atoms. The van der Waals surface area contributed by atoms with Crippen LogP contribution in [0.3, 0.4) is 0 Å². The third kappa shape index (κ3) is 16.8. The second kappa shape index (κ2) is 29.1. The molecule has 0 aromatic carbocycles. The van der Waals surface area contributed by atoms with E-state index in [1.54, 1.807) is 36.7 Å². The average Bonchev–Trinajstić information content (AvgIpc) is 2.09. The third-order valence-corrected chi connectivity index (χ3v) is 20.4. The lowest BCUT2D eigenvalue weighted by Crippen LogP contribution is -2.38. The summed E-state index contributed by atoms with van der Waals surface area (Å²) in [4.78, 5) is 128. The van der Waals surface area contributed by atoms with Crippen molar-refractivity contribution >= 4 is 128 Å². The fourth-order valence-corrected chi connectivity index (χ4v) is 14.4. The van der Waals surface area contributed by atoms with Crippen LogP contribution in [0, 0.1) is 5.92 Å². The predicted molar refractivity (Wildman–Crippen MR) is 311 cm³/mol. The molecule has 6 amide bonds. The molecule has 39 heteroatoms. The number of nitrogen functional groups attached to an aromatic ring is 1. The van der Waals surface area contributed by atoms with Crippen LogP contribution >= 0.6 is 35.0 Å². The van der Waals surface area contributed by atoms with Crippen molar-refractivity contribution in [2.45, 2.75) is 100 Å². The van der Waals surface area contributed by atoms with E-state index in [0.717, 1.165) is 23.5 Å². The first kappa shape index (κ1) is 67.0. The zero-order valence-corrected chi connectivity index (χ0v) is 52.4. The lowest BCUT2D eigenvalue weighted by molar-refractivity contribution is -0.140. The number of hydrogen-bond donors (Lipinski definition) is 4. The topological polar surface area (TPSA) is 364 Å². The maximum atomic E-state index is 16.7. The van der Waals surface area contributed by atoms with E-state index in [2.05, 4.69) is 35.2 Å². The zero-order chi connectivity index (χ0) is 62.3. The number of nitrogens with two attached hydrogens (primary N) is 1. The van der Waals surface area contributed by atoms with Gasteiger partial charge in [0.15, 0.2) is 53.2 Å². The smallest absolute Gasteiger partial charge is 0.412 e. The number of imide groups is 1. The van der Waals surface area contributed by atoms with Crippen LogP contribution in [-0.4, -0.2) is 238 Å². The Labute approximate surface area is 509 Å². The number of likely N-dealkylation sites (N-methyl/N-ethyl adjacent to an activating group) is 3. The zero-order valence-electron chi connectivity index (χ0n) is 47.4. The fraction of sp³-hybridized carbons (Fsp3) is 0.660. The Bertz CT molecular complexity index is 3220. The number of hydrogen-bond acceptors (Lipinski definition) is 26. The lowest BCUT2D eigenvalue weighted by Gasteiger charge is -2.29. The molecule has 31 nitrogen and oxygen atoms in total. The minimum Gasteiger partial charge on any atom is -0.449 e. The van der Waals surface area contributed by atoms with E-state index in [0.29, 0.717) is 25.3 Å². The highest BCUT2D eigenvalue weighted by Gasteiger charge is 2.54. The number of carbonyl (C=O) groups excluding carboxylic acids is 6. The van der Waals surface area contributed by atoms with Gasteiger partial charge in [-0.15, -0.1) is 0 Å². The Morgan fingerprint density at radius 2 is 1.36 bits per heavy atom. The standard InChI is InChI=1S/C47H66F2N14O17P2S4/c1-26-19-31(66)61(42(26)67)13-15-72-14-8-30(65)59(5)11-10-58(4)29(64)7-9-47(2,3)86-85-18-17-74-46(69)60(6)12-16-73-45(68)57-39-35-41(54-23-52-39)63(25-56-35)44-33(49)37-28(78-44)21-76-81(70,83)79-36-27(20-75-82(71,84)80-37)77-43(32(36)48)62-24-55-34-38(50)51-22-53-40(34)62/h22-28,32-33,36-37,43-44H,7-21H2,1-6H3,(H,70,83)(H,71,84)(H2,50,51,53)(H,52,54,57,68)/t26?,27-,28-,32-,33-,36-,37-,43-,44-,81?,82?/m1/s1. The lowest BCUT2D eigenvalue weighted by atomic mass is 10.1. The van der Waals surface area contributed by atoms with Gasteiger partial charge in [0.2, 0.25) is 23.6 Å². The van der Waals surface area contributed by atoms with E-state index in [1.807, 2.05) is 13.8 Å². The van der Waals surface area contributed by atoms with Gasteiger partial charge < -0.3 is 63.0 Å². The number of carbonyl (C=O) groups is 6. The van der Waals surface area contributed by atoms with Gasteiger partial charge in [0, 0.05) is 63.5 Å². The number of amides is 6. The molecule has 8 heterocycles. The predicted octanol–water partition coefficient (Wildman–Crippen LogP) is 3.25. The van der Waals surface area contributed by atoms with Crippen LogP contribution in [0.4, 0.5) is 30.0 Å². The number of fused-ring (bicyclic) bond motifs is 4. The number of nitrogens with zero attached hydrogens (tertiary/aromatic N) is 12. The Hall–Kier alpha value is -4.98. The van der Waals surface area contributed by atoms with E-state index in [1.165, 1.54) is 43.4 Å². The van der Waals surface area contributed by atoms with Crippen molar-refractivity contribution in [1.82, 2.24) is 58.6 Å². The largest absolute Gasteiger partial charge is 0.449 e. The van der Waals surface area contributed by atoms with Gasteiger partial charge in [-0.25, -0.2) is 48.3 Å². The quantitative estimate of drug-likeness (QED) is 0.0358. The number of aromatic nitrogens is 8. The second-order valence-electron chi connectivity index (χ2n) is 20.8. The summed E-state index contributed by atoms with van der Waals surface area (Å²) in [6, 6.07) is 0. The number of halogens is 2. The summed E-state index contributed by atoms with van der Waals surface area (Å²) < 4.78 is 85.5. The van der Waals surface area contributed by atoms with Crippen LogP contribution in [0.2, 0.25) is 0 Å². The van der Waals surface area contributed by atoms with Crippen molar-refractivity contribution in [2.24, 2.45) is 5.92 Å². The second-order valence-corrected chi connectivity index (χ2v) is 29.5. The van der Waals surface area contributed by atoms with Crippen LogP contribution in [0.1, 0.15) is 58.9 Å². The molecule has 8 rings (SSSR count). The maximum Gasteiger partial charge on any atom is 0.412 e. The molecule has 4 aliphatic heterocycles. The number of rotatable bonds is 23. The molecule has 4 aromatic rings. The summed E-state index contributed by atoms with van der Waals surface area (Å²) in [7, 11) is 7.82. The molecule has 5 N–H and O–H groups in total. The maximum absolute atomic E-state index is 16.7. The average molecular weight is 1330 g/mol. The minimum atomic E-state index is -4.40. The minimum absolute atomic E-state index is 0.0236. The number of imidazole rings is 2. The van der Waals surface area contributed by atoms with Gasteiger partial charge >= 0.3 is 25.6 Å². The van der Waals surface area contributed by atoms with E-state index in [-0.39, 0.29) is 127 Å². The highest BCUT2D eigenvalue weighted by atomic mass is 33.1. The van der Waals surface area contributed by atoms with Gasteiger partial charge in [-0.2, -0.15) is 0 Å². The third-order valence-electron chi connectivity index (χ3n) is 14.0. The Kier molecular flexibility index (Phi) is 22.7. The molecule has 4 aromatic heterocycles. The van der Waals surface area contributed by atoms with E-state index in [4.69, 9.17) is 71.1 Å². The molecule has 4 saturated heterocycles. The number of alkyl halides is 2. The molecule has 86 heavy (non-hydrogen) atoms. The molecule has 0 saturated carbocycles. The first-order chi connectivity index (χ1) is 40.7. The van der Waals surface area contributed by atoms with Crippen LogP contribution in [0.5, 0.6) is 0 Å².